The molecule has 0 aromatic heterocycles. The van der Waals surface area contributed by atoms with Gasteiger partial charge in [-0.15, -0.1) is 0 Å². The van der Waals surface area contributed by atoms with Gasteiger partial charge in [0.2, 0.25) is 0 Å². The fourth-order valence-electron chi connectivity index (χ4n) is 2.74. The van der Waals surface area contributed by atoms with Crippen LogP contribution >= 0.6 is 0 Å². The first kappa shape index (κ1) is 11.3. The molecular formula is C19H13O. The van der Waals surface area contributed by atoms with Gasteiger partial charge in [-0.05, 0) is 34.9 Å². The van der Waals surface area contributed by atoms with E-state index in [9.17, 15) is 0 Å². The van der Waals surface area contributed by atoms with Crippen molar-refractivity contribution in [3.05, 3.63) is 83.9 Å². The van der Waals surface area contributed by atoms with Gasteiger partial charge in [0.1, 0.15) is 11.5 Å². The topological polar surface area (TPSA) is 9.23 Å². The Morgan fingerprint density at radius 1 is 0.800 bits per heavy atom. The van der Waals surface area contributed by atoms with Crippen molar-refractivity contribution in [3.8, 4) is 22.6 Å². The zero-order valence-electron chi connectivity index (χ0n) is 11.0. The number of ether oxygens (including phenoxy) is 1. The molecule has 0 saturated heterocycles. The minimum Gasteiger partial charge on any atom is -0.457 e. The SMILES string of the molecule is [c]1ccc(-c2cccc3c2Cc2ccccc2O3)cc1. The summed E-state index contributed by atoms with van der Waals surface area (Å²) in [7, 11) is 0. The van der Waals surface area contributed by atoms with Gasteiger partial charge in [-0.2, -0.15) is 0 Å². The molecular weight excluding hydrogens is 244 g/mol. The highest BCUT2D eigenvalue weighted by atomic mass is 16.5. The maximum Gasteiger partial charge on any atom is 0.131 e. The van der Waals surface area contributed by atoms with Crippen molar-refractivity contribution >= 4 is 0 Å². The van der Waals surface area contributed by atoms with E-state index in [1.807, 2.05) is 30.3 Å². The van der Waals surface area contributed by atoms with Crippen LogP contribution in [0.15, 0.2) is 66.7 Å². The average Bonchev–Trinajstić information content (AvgIpc) is 2.53. The highest BCUT2D eigenvalue weighted by Gasteiger charge is 2.19. The molecule has 95 valence electrons. The lowest BCUT2D eigenvalue weighted by Crippen LogP contribution is -2.04. The Labute approximate surface area is 118 Å². The number of rotatable bonds is 1. The fourth-order valence-corrected chi connectivity index (χ4v) is 2.74. The van der Waals surface area contributed by atoms with Gasteiger partial charge in [-0.1, -0.05) is 54.6 Å². The van der Waals surface area contributed by atoms with Crippen LogP contribution < -0.4 is 4.74 Å². The second-order valence-electron chi connectivity index (χ2n) is 4.96. The van der Waals surface area contributed by atoms with E-state index >= 15 is 0 Å². The molecule has 1 nitrogen and oxygen atoms in total. The molecule has 0 bridgehead atoms. The molecule has 0 fully saturated rings. The first-order valence-electron chi connectivity index (χ1n) is 6.76. The van der Waals surface area contributed by atoms with Crippen LogP contribution in [0, 0.1) is 6.07 Å². The predicted molar refractivity (Wildman–Crippen MR) is 80.0 cm³/mol. The molecule has 0 spiro atoms. The lowest BCUT2D eigenvalue weighted by molar-refractivity contribution is 0.460. The van der Waals surface area contributed by atoms with Crippen LogP contribution in [-0.2, 0) is 6.42 Å². The molecule has 0 atom stereocenters. The normalized spacial score (nSPS) is 12.2. The molecule has 0 aliphatic carbocycles. The van der Waals surface area contributed by atoms with Crippen molar-refractivity contribution < 1.29 is 4.74 Å². The smallest absolute Gasteiger partial charge is 0.131 e. The summed E-state index contributed by atoms with van der Waals surface area (Å²) in [5.41, 5.74) is 4.96. The van der Waals surface area contributed by atoms with Gasteiger partial charge in [-0.25, -0.2) is 0 Å². The minimum absolute atomic E-state index is 0.917. The van der Waals surface area contributed by atoms with Gasteiger partial charge in [0.25, 0.3) is 0 Å². The lowest BCUT2D eigenvalue weighted by Gasteiger charge is -2.22. The van der Waals surface area contributed by atoms with Crippen LogP contribution in [0.2, 0.25) is 0 Å². The van der Waals surface area contributed by atoms with E-state index in [1.54, 1.807) is 0 Å². The Kier molecular flexibility index (Phi) is 2.56. The summed E-state index contributed by atoms with van der Waals surface area (Å²) in [4.78, 5) is 0. The van der Waals surface area contributed by atoms with Crippen molar-refractivity contribution in [2.45, 2.75) is 6.42 Å². The van der Waals surface area contributed by atoms with Crippen LogP contribution in [0.3, 0.4) is 0 Å². The zero-order chi connectivity index (χ0) is 13.4. The van der Waals surface area contributed by atoms with Crippen molar-refractivity contribution in [3.63, 3.8) is 0 Å². The molecule has 1 aliphatic heterocycles. The predicted octanol–water partition coefficient (Wildman–Crippen LogP) is 4.85. The van der Waals surface area contributed by atoms with Crippen LogP contribution in [-0.4, -0.2) is 0 Å². The first-order chi connectivity index (χ1) is 9.92. The minimum atomic E-state index is 0.917. The molecule has 3 aromatic carbocycles. The summed E-state index contributed by atoms with van der Waals surface area (Å²) >= 11 is 0. The molecule has 0 amide bonds. The summed E-state index contributed by atoms with van der Waals surface area (Å²) in [6, 6.07) is 25.7. The molecule has 0 unspecified atom stereocenters. The van der Waals surface area contributed by atoms with Crippen molar-refractivity contribution in [2.24, 2.45) is 0 Å². The standard InChI is InChI=1S/C19H13O/c1-2-7-14(8-3-1)16-10-6-12-19-17(16)13-15-9-4-5-11-18(15)20-19/h2-12H,13H2. The maximum absolute atomic E-state index is 6.03. The molecule has 0 N–H and O–H groups in total. The molecule has 20 heavy (non-hydrogen) atoms. The Balaban J connectivity index is 1.87. The number of fused-ring (bicyclic) bond motifs is 2. The third kappa shape index (κ3) is 1.79. The van der Waals surface area contributed by atoms with E-state index in [2.05, 4.69) is 42.5 Å². The van der Waals surface area contributed by atoms with Gasteiger partial charge in [0, 0.05) is 12.0 Å². The van der Waals surface area contributed by atoms with Crippen molar-refractivity contribution in [1.29, 1.82) is 0 Å². The maximum atomic E-state index is 6.03. The van der Waals surface area contributed by atoms with Gasteiger partial charge < -0.3 is 4.74 Å². The van der Waals surface area contributed by atoms with Gasteiger partial charge in [0.05, 0.1) is 0 Å². The number of para-hydroxylation sites is 1. The number of benzene rings is 3. The van der Waals surface area contributed by atoms with Crippen molar-refractivity contribution in [2.75, 3.05) is 0 Å². The quantitative estimate of drug-likeness (QED) is 0.473. The largest absolute Gasteiger partial charge is 0.457 e. The number of hydrogen-bond acceptors (Lipinski definition) is 1. The molecule has 1 heterocycles. The van der Waals surface area contributed by atoms with Crippen LogP contribution in [0.1, 0.15) is 11.1 Å². The summed E-state index contributed by atoms with van der Waals surface area (Å²) in [6.07, 6.45) is 0.917. The van der Waals surface area contributed by atoms with E-state index in [1.165, 1.54) is 22.3 Å². The summed E-state index contributed by atoms with van der Waals surface area (Å²) in [5, 5.41) is 0. The van der Waals surface area contributed by atoms with Crippen molar-refractivity contribution in [1.82, 2.24) is 0 Å². The average molecular weight is 257 g/mol. The second kappa shape index (κ2) is 4.53. The summed E-state index contributed by atoms with van der Waals surface area (Å²) in [5.74, 6) is 1.94. The summed E-state index contributed by atoms with van der Waals surface area (Å²) < 4.78 is 6.03. The van der Waals surface area contributed by atoms with E-state index in [0.29, 0.717) is 0 Å². The Bertz CT molecular complexity index is 760. The Morgan fingerprint density at radius 2 is 1.60 bits per heavy atom. The Hall–Kier alpha value is -2.54. The third-order valence-corrected chi connectivity index (χ3v) is 3.72. The highest BCUT2D eigenvalue weighted by Crippen LogP contribution is 2.40. The van der Waals surface area contributed by atoms with Gasteiger partial charge >= 0.3 is 0 Å². The van der Waals surface area contributed by atoms with E-state index < -0.39 is 0 Å². The van der Waals surface area contributed by atoms with Gasteiger partial charge in [0.15, 0.2) is 0 Å². The lowest BCUT2D eigenvalue weighted by atomic mass is 9.92. The molecule has 0 saturated carbocycles. The fraction of sp³-hybridized carbons (Fsp3) is 0.0526. The van der Waals surface area contributed by atoms with Crippen LogP contribution in [0.25, 0.3) is 11.1 Å². The monoisotopic (exact) mass is 257 g/mol. The first-order valence-corrected chi connectivity index (χ1v) is 6.76. The second-order valence-corrected chi connectivity index (χ2v) is 4.96. The van der Waals surface area contributed by atoms with E-state index in [-0.39, 0.29) is 0 Å². The molecule has 1 aliphatic rings. The molecule has 3 aromatic rings. The third-order valence-electron chi connectivity index (χ3n) is 3.72. The van der Waals surface area contributed by atoms with Crippen LogP contribution in [0.5, 0.6) is 11.5 Å². The number of hydrogen-bond donors (Lipinski definition) is 0. The van der Waals surface area contributed by atoms with E-state index in [0.717, 1.165) is 17.9 Å². The summed E-state index contributed by atoms with van der Waals surface area (Å²) in [6.45, 7) is 0. The molecule has 1 radical (unpaired) electrons. The molecule has 1 heteroatoms. The highest BCUT2D eigenvalue weighted by molar-refractivity contribution is 5.72. The zero-order valence-corrected chi connectivity index (χ0v) is 11.0. The Morgan fingerprint density at radius 3 is 2.50 bits per heavy atom. The van der Waals surface area contributed by atoms with Gasteiger partial charge in [-0.3, -0.25) is 0 Å². The molecule has 4 rings (SSSR count). The van der Waals surface area contributed by atoms with Crippen LogP contribution in [0.4, 0.5) is 0 Å². The van der Waals surface area contributed by atoms with E-state index in [4.69, 9.17) is 4.74 Å².